The van der Waals surface area contributed by atoms with Crippen molar-refractivity contribution in [1.82, 2.24) is 0 Å². The van der Waals surface area contributed by atoms with Crippen LogP contribution in [0, 0.1) is 11.3 Å². The van der Waals surface area contributed by atoms with Gasteiger partial charge in [0.1, 0.15) is 6.10 Å². The van der Waals surface area contributed by atoms with Gasteiger partial charge < -0.3 is 19.3 Å². The SMILES string of the molecule is CC1=C[C@H](O/C=C2/C(=O)O[C@@H]3C4=C(C[C@H]23)[C@@H](O)CCC4(C)C)OC1=O. The second kappa shape index (κ2) is 5.46. The number of aliphatic hydroxyl groups is 1. The Hall–Kier alpha value is -2.08. The Morgan fingerprint density at radius 3 is 2.72 bits per heavy atom. The zero-order valence-corrected chi connectivity index (χ0v) is 14.6. The molecule has 4 atom stereocenters. The van der Waals surface area contributed by atoms with E-state index in [0.717, 1.165) is 24.0 Å². The smallest absolute Gasteiger partial charge is 0.338 e. The van der Waals surface area contributed by atoms with Gasteiger partial charge in [-0.05, 0) is 42.7 Å². The van der Waals surface area contributed by atoms with Crippen molar-refractivity contribution >= 4 is 11.9 Å². The molecule has 4 aliphatic rings. The average molecular weight is 346 g/mol. The van der Waals surface area contributed by atoms with E-state index in [0.29, 0.717) is 17.6 Å². The molecule has 1 saturated heterocycles. The molecule has 0 spiro atoms. The lowest BCUT2D eigenvalue weighted by Crippen LogP contribution is -2.31. The summed E-state index contributed by atoms with van der Waals surface area (Å²) in [7, 11) is 0. The summed E-state index contributed by atoms with van der Waals surface area (Å²) in [6.45, 7) is 5.92. The van der Waals surface area contributed by atoms with Crippen LogP contribution >= 0.6 is 0 Å². The Labute approximate surface area is 146 Å². The number of carbonyl (C=O) groups is 2. The fraction of sp³-hybridized carbons (Fsp3) is 0.579. The Kier molecular flexibility index (Phi) is 3.58. The van der Waals surface area contributed by atoms with Gasteiger partial charge in [-0.1, -0.05) is 13.8 Å². The van der Waals surface area contributed by atoms with E-state index in [1.165, 1.54) is 6.26 Å². The summed E-state index contributed by atoms with van der Waals surface area (Å²) in [5, 5.41) is 10.4. The highest BCUT2D eigenvalue weighted by Gasteiger charge is 2.53. The van der Waals surface area contributed by atoms with Gasteiger partial charge in [0.25, 0.3) is 6.29 Å². The van der Waals surface area contributed by atoms with E-state index in [-0.39, 0.29) is 17.4 Å². The molecular formula is C19H22O6. The first-order chi connectivity index (χ1) is 11.8. The molecule has 0 unspecified atom stereocenters. The maximum absolute atomic E-state index is 12.3. The summed E-state index contributed by atoms with van der Waals surface area (Å²) in [5.41, 5.74) is 2.91. The van der Waals surface area contributed by atoms with Crippen LogP contribution in [-0.2, 0) is 23.8 Å². The maximum Gasteiger partial charge on any atom is 0.338 e. The van der Waals surface area contributed by atoms with Crippen molar-refractivity contribution < 1.29 is 28.9 Å². The number of hydrogen-bond donors (Lipinski definition) is 1. The lowest BCUT2D eigenvalue weighted by atomic mass is 9.71. The van der Waals surface area contributed by atoms with E-state index < -0.39 is 24.3 Å². The normalized spacial score (nSPS) is 37.6. The van der Waals surface area contributed by atoms with E-state index in [4.69, 9.17) is 14.2 Å². The summed E-state index contributed by atoms with van der Waals surface area (Å²) >= 11 is 0. The Morgan fingerprint density at radius 2 is 2.04 bits per heavy atom. The lowest BCUT2D eigenvalue weighted by Gasteiger charge is -2.36. The van der Waals surface area contributed by atoms with Crippen molar-refractivity contribution in [3.8, 4) is 0 Å². The third kappa shape index (κ3) is 2.51. The molecule has 6 heteroatoms. The van der Waals surface area contributed by atoms with Crippen LogP contribution < -0.4 is 0 Å². The lowest BCUT2D eigenvalue weighted by molar-refractivity contribution is -0.152. The number of fused-ring (bicyclic) bond motifs is 2. The van der Waals surface area contributed by atoms with Gasteiger partial charge in [0, 0.05) is 17.6 Å². The third-order valence-corrected chi connectivity index (χ3v) is 5.74. The highest BCUT2D eigenvalue weighted by molar-refractivity contribution is 5.92. The molecule has 0 saturated carbocycles. The highest BCUT2D eigenvalue weighted by atomic mass is 16.7. The monoisotopic (exact) mass is 346 g/mol. The second-order valence-electron chi connectivity index (χ2n) is 7.85. The molecule has 134 valence electrons. The van der Waals surface area contributed by atoms with E-state index in [1.54, 1.807) is 13.0 Å². The molecule has 0 radical (unpaired) electrons. The molecule has 0 amide bonds. The first-order valence-electron chi connectivity index (χ1n) is 8.65. The summed E-state index contributed by atoms with van der Waals surface area (Å²) in [6.07, 6.45) is 3.53. The quantitative estimate of drug-likeness (QED) is 0.357. The Morgan fingerprint density at radius 1 is 1.28 bits per heavy atom. The zero-order chi connectivity index (χ0) is 17.9. The molecule has 1 fully saturated rings. The minimum atomic E-state index is -0.808. The Balaban J connectivity index is 1.57. The van der Waals surface area contributed by atoms with Crippen LogP contribution in [0.15, 0.2) is 34.6 Å². The van der Waals surface area contributed by atoms with Gasteiger partial charge in [-0.25, -0.2) is 9.59 Å². The third-order valence-electron chi connectivity index (χ3n) is 5.74. The van der Waals surface area contributed by atoms with Crippen LogP contribution in [0.1, 0.15) is 40.0 Å². The van der Waals surface area contributed by atoms with Crippen molar-refractivity contribution in [1.29, 1.82) is 0 Å². The molecule has 6 nitrogen and oxygen atoms in total. The van der Waals surface area contributed by atoms with Crippen molar-refractivity contribution in [2.75, 3.05) is 0 Å². The number of rotatable bonds is 2. The number of ether oxygens (including phenoxy) is 3. The molecule has 0 aromatic rings. The van der Waals surface area contributed by atoms with Crippen LogP contribution in [0.5, 0.6) is 0 Å². The number of aliphatic hydroxyl groups excluding tert-OH is 1. The minimum absolute atomic E-state index is 0.0919. The van der Waals surface area contributed by atoms with Crippen LogP contribution in [-0.4, -0.2) is 35.5 Å². The summed E-state index contributed by atoms with van der Waals surface area (Å²) in [5.74, 6) is -0.965. The number of carbonyl (C=O) groups excluding carboxylic acids is 2. The van der Waals surface area contributed by atoms with E-state index in [9.17, 15) is 14.7 Å². The second-order valence-corrected chi connectivity index (χ2v) is 7.85. The van der Waals surface area contributed by atoms with E-state index >= 15 is 0 Å². The molecule has 0 bridgehead atoms. The number of esters is 2. The predicted molar refractivity (Wildman–Crippen MR) is 86.8 cm³/mol. The van der Waals surface area contributed by atoms with Crippen molar-refractivity contribution in [2.45, 2.75) is 58.5 Å². The number of cyclic esters (lactones) is 1. The summed E-state index contributed by atoms with van der Waals surface area (Å²) in [6, 6.07) is 0. The zero-order valence-electron chi connectivity index (χ0n) is 14.6. The molecule has 25 heavy (non-hydrogen) atoms. The van der Waals surface area contributed by atoms with Gasteiger partial charge in [0.05, 0.1) is 17.9 Å². The summed E-state index contributed by atoms with van der Waals surface area (Å²) in [4.78, 5) is 23.7. The van der Waals surface area contributed by atoms with Crippen LogP contribution in [0.4, 0.5) is 0 Å². The van der Waals surface area contributed by atoms with E-state index in [1.807, 2.05) is 0 Å². The van der Waals surface area contributed by atoms with Crippen LogP contribution in [0.2, 0.25) is 0 Å². The van der Waals surface area contributed by atoms with Crippen molar-refractivity contribution in [2.24, 2.45) is 11.3 Å². The molecule has 2 aliphatic heterocycles. The van der Waals surface area contributed by atoms with Crippen LogP contribution in [0.3, 0.4) is 0 Å². The fourth-order valence-corrected chi connectivity index (χ4v) is 4.38. The average Bonchev–Trinajstić information content (AvgIpc) is 3.15. The van der Waals surface area contributed by atoms with Gasteiger partial charge >= 0.3 is 11.9 Å². The molecule has 2 aliphatic carbocycles. The highest BCUT2D eigenvalue weighted by Crippen LogP contribution is 2.54. The molecule has 1 N–H and O–H groups in total. The first kappa shape index (κ1) is 16.4. The molecule has 4 rings (SSSR count). The van der Waals surface area contributed by atoms with Gasteiger partial charge in [-0.3, -0.25) is 0 Å². The van der Waals surface area contributed by atoms with Crippen molar-refractivity contribution in [3.63, 3.8) is 0 Å². The standard InChI is InChI=1S/C19H22O6/c1-9-6-14(24-17(9)21)23-8-12-10-7-11-13(20)4-5-19(2,3)15(11)16(10)25-18(12)22/h6,8,10,13-14,16,20H,4-5,7H2,1-3H3/b12-8+/t10-,13+,14-,16+/m1/s1. The van der Waals surface area contributed by atoms with Gasteiger partial charge in [0.2, 0.25) is 0 Å². The molecule has 0 aromatic carbocycles. The largest absolute Gasteiger partial charge is 0.458 e. The maximum atomic E-state index is 12.3. The first-order valence-corrected chi connectivity index (χ1v) is 8.65. The van der Waals surface area contributed by atoms with Crippen molar-refractivity contribution in [3.05, 3.63) is 34.6 Å². The van der Waals surface area contributed by atoms with Gasteiger partial charge in [-0.2, -0.15) is 0 Å². The predicted octanol–water partition coefficient (Wildman–Crippen LogP) is 2.14. The minimum Gasteiger partial charge on any atom is -0.458 e. The molecular weight excluding hydrogens is 324 g/mol. The van der Waals surface area contributed by atoms with Gasteiger partial charge in [-0.15, -0.1) is 0 Å². The van der Waals surface area contributed by atoms with Gasteiger partial charge in [0.15, 0.2) is 0 Å². The Bertz CT molecular complexity index is 741. The van der Waals surface area contributed by atoms with Crippen LogP contribution in [0.25, 0.3) is 0 Å². The van der Waals surface area contributed by atoms with E-state index in [2.05, 4.69) is 13.8 Å². The molecule has 2 heterocycles. The molecule has 0 aromatic heterocycles. The number of hydrogen-bond acceptors (Lipinski definition) is 6. The topological polar surface area (TPSA) is 82.1 Å². The summed E-state index contributed by atoms with van der Waals surface area (Å²) < 4.78 is 16.1. The fourth-order valence-electron chi connectivity index (χ4n) is 4.38.